The highest BCUT2D eigenvalue weighted by atomic mass is 35.5. The Hall–Kier alpha value is -1.43. The van der Waals surface area contributed by atoms with Crippen LogP contribution >= 0.6 is 22.9 Å². The lowest BCUT2D eigenvalue weighted by Gasteiger charge is -2.25. The van der Waals surface area contributed by atoms with Crippen LogP contribution in [-0.2, 0) is 17.8 Å². The number of aryl methyl sites for hydroxylation is 1. The van der Waals surface area contributed by atoms with Crippen LogP contribution < -0.4 is 5.32 Å². The Morgan fingerprint density at radius 2 is 2.12 bits per heavy atom. The standard InChI is InChI=1S/C18H22ClN3OS/c1-13-5-6-14(9-16(13)19)20-17(23)10-15-12-24-18(21-15)11-22-7-3-2-4-8-22/h5-6,9,12H,2-4,7-8,10-11H2,1H3,(H,20,23). The van der Waals surface area contributed by atoms with Crippen LogP contribution in [0.25, 0.3) is 0 Å². The number of aromatic nitrogens is 1. The van der Waals surface area contributed by atoms with Crippen molar-refractivity contribution in [1.82, 2.24) is 9.88 Å². The molecule has 0 bridgehead atoms. The molecule has 3 rings (SSSR count). The summed E-state index contributed by atoms with van der Waals surface area (Å²) < 4.78 is 0. The van der Waals surface area contributed by atoms with Gasteiger partial charge < -0.3 is 5.32 Å². The molecule has 2 heterocycles. The Morgan fingerprint density at radius 3 is 2.88 bits per heavy atom. The fraction of sp³-hybridized carbons (Fsp3) is 0.444. The normalized spacial score (nSPS) is 15.4. The number of carbonyl (C=O) groups excluding carboxylic acids is 1. The molecule has 0 radical (unpaired) electrons. The summed E-state index contributed by atoms with van der Waals surface area (Å²) >= 11 is 7.73. The van der Waals surface area contributed by atoms with Gasteiger partial charge in [-0.3, -0.25) is 9.69 Å². The molecule has 1 fully saturated rings. The summed E-state index contributed by atoms with van der Waals surface area (Å²) in [6, 6.07) is 5.54. The van der Waals surface area contributed by atoms with Gasteiger partial charge in [-0.2, -0.15) is 0 Å². The lowest BCUT2D eigenvalue weighted by Crippen LogP contribution is -2.29. The van der Waals surface area contributed by atoms with E-state index in [0.717, 1.165) is 41.6 Å². The van der Waals surface area contributed by atoms with Crippen LogP contribution in [0.5, 0.6) is 0 Å². The number of anilines is 1. The fourth-order valence-corrected chi connectivity index (χ4v) is 3.87. The molecular formula is C18H22ClN3OS. The molecule has 4 nitrogen and oxygen atoms in total. The second-order valence-corrected chi connectivity index (χ2v) is 7.61. The smallest absolute Gasteiger partial charge is 0.230 e. The number of likely N-dealkylation sites (tertiary alicyclic amines) is 1. The van der Waals surface area contributed by atoms with Crippen LogP contribution in [0.3, 0.4) is 0 Å². The number of halogens is 1. The number of hydrogen-bond acceptors (Lipinski definition) is 4. The molecule has 0 aliphatic carbocycles. The van der Waals surface area contributed by atoms with Crippen molar-refractivity contribution in [3.05, 3.63) is 44.9 Å². The van der Waals surface area contributed by atoms with E-state index in [2.05, 4.69) is 15.2 Å². The van der Waals surface area contributed by atoms with E-state index in [9.17, 15) is 4.79 Å². The second kappa shape index (κ2) is 8.10. The number of rotatable bonds is 5. The van der Waals surface area contributed by atoms with Crippen molar-refractivity contribution in [3.8, 4) is 0 Å². The van der Waals surface area contributed by atoms with Gasteiger partial charge in [0.05, 0.1) is 18.7 Å². The van der Waals surface area contributed by atoms with Crippen molar-refractivity contribution >= 4 is 34.5 Å². The van der Waals surface area contributed by atoms with Gasteiger partial charge in [0, 0.05) is 16.1 Å². The number of amides is 1. The molecule has 1 amide bonds. The molecule has 1 aliphatic heterocycles. The zero-order chi connectivity index (χ0) is 16.9. The Bertz CT molecular complexity index is 710. The summed E-state index contributed by atoms with van der Waals surface area (Å²) in [7, 11) is 0. The van der Waals surface area contributed by atoms with Gasteiger partial charge in [-0.15, -0.1) is 11.3 Å². The summed E-state index contributed by atoms with van der Waals surface area (Å²) in [5.41, 5.74) is 2.55. The van der Waals surface area contributed by atoms with E-state index in [-0.39, 0.29) is 5.91 Å². The Labute approximate surface area is 151 Å². The van der Waals surface area contributed by atoms with Crippen LogP contribution in [0, 0.1) is 6.92 Å². The first kappa shape index (κ1) is 17.4. The summed E-state index contributed by atoms with van der Waals surface area (Å²) in [5, 5.41) is 6.62. The number of thiazole rings is 1. The van der Waals surface area contributed by atoms with Gasteiger partial charge in [0.1, 0.15) is 5.01 Å². The molecule has 1 aromatic heterocycles. The first-order valence-electron chi connectivity index (χ1n) is 8.32. The molecule has 2 aromatic rings. The third-order valence-electron chi connectivity index (χ3n) is 4.20. The average molecular weight is 364 g/mol. The number of benzene rings is 1. The van der Waals surface area contributed by atoms with Crippen LogP contribution in [0.4, 0.5) is 5.69 Å². The molecule has 1 N–H and O–H groups in total. The molecule has 0 spiro atoms. The van der Waals surface area contributed by atoms with Gasteiger partial charge in [-0.05, 0) is 50.6 Å². The molecular weight excluding hydrogens is 342 g/mol. The van der Waals surface area contributed by atoms with E-state index in [4.69, 9.17) is 11.6 Å². The summed E-state index contributed by atoms with van der Waals surface area (Å²) in [5.74, 6) is -0.0651. The van der Waals surface area contributed by atoms with Gasteiger partial charge >= 0.3 is 0 Å². The van der Waals surface area contributed by atoms with Crippen molar-refractivity contribution < 1.29 is 4.79 Å². The largest absolute Gasteiger partial charge is 0.326 e. The number of nitrogens with zero attached hydrogens (tertiary/aromatic N) is 2. The maximum atomic E-state index is 12.2. The van der Waals surface area contributed by atoms with E-state index in [1.54, 1.807) is 17.4 Å². The number of carbonyl (C=O) groups is 1. The molecule has 0 unspecified atom stereocenters. The Morgan fingerprint density at radius 1 is 1.33 bits per heavy atom. The molecule has 0 atom stereocenters. The zero-order valence-electron chi connectivity index (χ0n) is 13.8. The van der Waals surface area contributed by atoms with E-state index in [0.29, 0.717) is 11.4 Å². The zero-order valence-corrected chi connectivity index (χ0v) is 15.4. The molecule has 128 valence electrons. The molecule has 0 saturated carbocycles. The second-order valence-electron chi connectivity index (χ2n) is 6.26. The van der Waals surface area contributed by atoms with Crippen molar-refractivity contribution in [3.63, 3.8) is 0 Å². The van der Waals surface area contributed by atoms with Gasteiger partial charge in [-0.1, -0.05) is 24.1 Å². The third-order valence-corrected chi connectivity index (χ3v) is 5.49. The topological polar surface area (TPSA) is 45.2 Å². The lowest BCUT2D eigenvalue weighted by molar-refractivity contribution is -0.115. The van der Waals surface area contributed by atoms with Crippen molar-refractivity contribution in [1.29, 1.82) is 0 Å². The molecule has 6 heteroatoms. The summed E-state index contributed by atoms with van der Waals surface area (Å²) in [6.45, 7) is 5.15. The van der Waals surface area contributed by atoms with Crippen LogP contribution in [0.1, 0.15) is 35.5 Å². The van der Waals surface area contributed by atoms with E-state index in [1.807, 2.05) is 24.4 Å². The van der Waals surface area contributed by atoms with E-state index in [1.165, 1.54) is 19.3 Å². The van der Waals surface area contributed by atoms with Crippen LogP contribution in [-0.4, -0.2) is 28.9 Å². The van der Waals surface area contributed by atoms with Crippen molar-refractivity contribution in [2.45, 2.75) is 39.2 Å². The molecule has 1 saturated heterocycles. The lowest BCUT2D eigenvalue weighted by atomic mass is 10.1. The van der Waals surface area contributed by atoms with Gasteiger partial charge in [0.15, 0.2) is 0 Å². The predicted octanol–water partition coefficient (Wildman–Crippen LogP) is 4.27. The maximum absolute atomic E-state index is 12.2. The highest BCUT2D eigenvalue weighted by Gasteiger charge is 2.14. The minimum atomic E-state index is -0.0651. The van der Waals surface area contributed by atoms with Crippen molar-refractivity contribution in [2.24, 2.45) is 0 Å². The number of piperidine rings is 1. The van der Waals surface area contributed by atoms with E-state index >= 15 is 0 Å². The molecule has 24 heavy (non-hydrogen) atoms. The summed E-state index contributed by atoms with van der Waals surface area (Å²) in [4.78, 5) is 19.2. The van der Waals surface area contributed by atoms with Gasteiger partial charge in [0.25, 0.3) is 0 Å². The van der Waals surface area contributed by atoms with Crippen molar-refractivity contribution in [2.75, 3.05) is 18.4 Å². The maximum Gasteiger partial charge on any atom is 0.230 e. The average Bonchev–Trinajstić information content (AvgIpc) is 2.99. The number of hydrogen-bond donors (Lipinski definition) is 1. The fourth-order valence-electron chi connectivity index (χ4n) is 2.85. The Balaban J connectivity index is 1.53. The van der Waals surface area contributed by atoms with Crippen LogP contribution in [0.2, 0.25) is 5.02 Å². The minimum Gasteiger partial charge on any atom is -0.326 e. The quantitative estimate of drug-likeness (QED) is 0.862. The highest BCUT2D eigenvalue weighted by Crippen LogP contribution is 2.20. The third kappa shape index (κ3) is 4.79. The van der Waals surface area contributed by atoms with E-state index < -0.39 is 0 Å². The Kier molecular flexibility index (Phi) is 5.87. The molecule has 1 aliphatic rings. The van der Waals surface area contributed by atoms with Gasteiger partial charge in [-0.25, -0.2) is 4.98 Å². The van der Waals surface area contributed by atoms with Gasteiger partial charge in [0.2, 0.25) is 5.91 Å². The SMILES string of the molecule is Cc1ccc(NC(=O)Cc2csc(CN3CCCCC3)n2)cc1Cl. The monoisotopic (exact) mass is 363 g/mol. The number of nitrogens with one attached hydrogen (secondary N) is 1. The first-order chi connectivity index (χ1) is 11.6. The van der Waals surface area contributed by atoms with Crippen LogP contribution in [0.15, 0.2) is 23.6 Å². The highest BCUT2D eigenvalue weighted by molar-refractivity contribution is 7.09. The summed E-state index contributed by atoms with van der Waals surface area (Å²) in [6.07, 6.45) is 4.18. The molecule has 1 aromatic carbocycles. The first-order valence-corrected chi connectivity index (χ1v) is 9.57. The predicted molar refractivity (Wildman–Crippen MR) is 99.8 cm³/mol. The minimum absolute atomic E-state index is 0.0651.